The monoisotopic (exact) mass is 308 g/mol. The fourth-order valence-electron chi connectivity index (χ4n) is 2.21. The summed E-state index contributed by atoms with van der Waals surface area (Å²) in [5, 5.41) is 10.8. The molecule has 3 heterocycles. The predicted octanol–water partition coefficient (Wildman–Crippen LogP) is 0.822. The minimum Gasteiger partial charge on any atom is -0.366 e. The zero-order valence-electron chi connectivity index (χ0n) is 11.7. The largest absolute Gasteiger partial charge is 0.366 e. The Morgan fingerprint density at radius 2 is 2.52 bits per heavy atom. The van der Waals surface area contributed by atoms with Gasteiger partial charge < -0.3 is 9.64 Å². The summed E-state index contributed by atoms with van der Waals surface area (Å²) in [6, 6.07) is 0. The van der Waals surface area contributed by atoms with E-state index < -0.39 is 0 Å². The summed E-state index contributed by atoms with van der Waals surface area (Å²) in [6.45, 7) is 3.56. The lowest BCUT2D eigenvalue weighted by atomic mass is 10.2. The van der Waals surface area contributed by atoms with E-state index in [9.17, 15) is 4.79 Å². The second kappa shape index (κ2) is 6.27. The van der Waals surface area contributed by atoms with Crippen LogP contribution < -0.4 is 0 Å². The van der Waals surface area contributed by atoms with Crippen molar-refractivity contribution < 1.29 is 9.53 Å². The first-order valence-corrected chi connectivity index (χ1v) is 7.64. The normalized spacial score (nSPS) is 18.9. The van der Waals surface area contributed by atoms with Crippen molar-refractivity contribution in [2.24, 2.45) is 0 Å². The summed E-state index contributed by atoms with van der Waals surface area (Å²) in [6.07, 6.45) is 3.06. The highest BCUT2D eigenvalue weighted by atomic mass is 32.1. The standard InChI is InChI=1S/C12H16N6O2S/c1-2-3-10-14-11(16-15-10)8-7-18(4-5-20-8)12(19)9-6-13-17-21-9/h6,8H,2-5,7H2,1H3,(H,14,15,16)/t8-/m0/s1. The van der Waals surface area contributed by atoms with E-state index in [0.29, 0.717) is 30.4 Å². The van der Waals surface area contributed by atoms with Gasteiger partial charge in [0, 0.05) is 13.0 Å². The second-order valence-electron chi connectivity index (χ2n) is 4.78. The minimum atomic E-state index is -0.287. The van der Waals surface area contributed by atoms with E-state index in [-0.39, 0.29) is 12.0 Å². The van der Waals surface area contributed by atoms with Gasteiger partial charge in [0.15, 0.2) is 5.82 Å². The highest BCUT2D eigenvalue weighted by Gasteiger charge is 2.29. The Kier molecular flexibility index (Phi) is 4.20. The quantitative estimate of drug-likeness (QED) is 0.898. The summed E-state index contributed by atoms with van der Waals surface area (Å²) in [5.74, 6) is 1.40. The molecule has 112 valence electrons. The number of hydrogen-bond acceptors (Lipinski definition) is 7. The molecule has 0 unspecified atom stereocenters. The second-order valence-corrected chi connectivity index (χ2v) is 5.57. The summed E-state index contributed by atoms with van der Waals surface area (Å²) in [7, 11) is 0. The minimum absolute atomic E-state index is 0.0670. The average molecular weight is 308 g/mol. The van der Waals surface area contributed by atoms with Crippen LogP contribution in [0.25, 0.3) is 0 Å². The molecule has 0 bridgehead atoms. The lowest BCUT2D eigenvalue weighted by Gasteiger charge is -2.31. The predicted molar refractivity (Wildman–Crippen MR) is 74.9 cm³/mol. The molecule has 1 N–H and O–H groups in total. The van der Waals surface area contributed by atoms with Crippen molar-refractivity contribution in [1.82, 2.24) is 29.7 Å². The van der Waals surface area contributed by atoms with E-state index in [1.54, 1.807) is 4.90 Å². The number of morpholine rings is 1. The van der Waals surface area contributed by atoms with Gasteiger partial charge >= 0.3 is 0 Å². The molecule has 0 radical (unpaired) electrons. The Hall–Kier alpha value is -1.87. The van der Waals surface area contributed by atoms with Crippen molar-refractivity contribution >= 4 is 17.4 Å². The molecule has 0 spiro atoms. The van der Waals surface area contributed by atoms with E-state index in [4.69, 9.17) is 4.74 Å². The molecule has 9 heteroatoms. The van der Waals surface area contributed by atoms with E-state index in [0.717, 1.165) is 30.2 Å². The van der Waals surface area contributed by atoms with Crippen molar-refractivity contribution in [3.8, 4) is 0 Å². The Morgan fingerprint density at radius 3 is 3.29 bits per heavy atom. The van der Waals surface area contributed by atoms with Crippen LogP contribution in [0.4, 0.5) is 0 Å². The van der Waals surface area contributed by atoms with Crippen molar-refractivity contribution in [3.63, 3.8) is 0 Å². The molecule has 8 nitrogen and oxygen atoms in total. The van der Waals surface area contributed by atoms with Gasteiger partial charge in [-0.05, 0) is 18.0 Å². The number of rotatable bonds is 4. The molecule has 1 atom stereocenters. The molecule has 1 fully saturated rings. The van der Waals surface area contributed by atoms with Gasteiger partial charge in [0.2, 0.25) is 0 Å². The lowest BCUT2D eigenvalue weighted by Crippen LogP contribution is -2.42. The smallest absolute Gasteiger partial charge is 0.267 e. The molecule has 2 aromatic rings. The molecule has 0 saturated carbocycles. The lowest BCUT2D eigenvalue weighted by molar-refractivity contribution is -0.0265. The maximum absolute atomic E-state index is 12.3. The Balaban J connectivity index is 1.69. The maximum atomic E-state index is 12.3. The van der Waals surface area contributed by atoms with Gasteiger partial charge in [-0.3, -0.25) is 9.89 Å². The summed E-state index contributed by atoms with van der Waals surface area (Å²) in [5.41, 5.74) is 0. The molecular weight excluding hydrogens is 292 g/mol. The zero-order valence-corrected chi connectivity index (χ0v) is 12.5. The number of carbonyl (C=O) groups excluding carboxylic acids is 1. The molecule has 0 aliphatic carbocycles. The number of nitrogens with zero attached hydrogens (tertiary/aromatic N) is 5. The number of carbonyl (C=O) groups is 1. The van der Waals surface area contributed by atoms with Gasteiger partial charge in [0.25, 0.3) is 5.91 Å². The molecule has 1 saturated heterocycles. The van der Waals surface area contributed by atoms with E-state index >= 15 is 0 Å². The molecular formula is C12H16N6O2S. The van der Waals surface area contributed by atoms with Gasteiger partial charge in [0.1, 0.15) is 16.8 Å². The fraction of sp³-hybridized carbons (Fsp3) is 0.583. The maximum Gasteiger partial charge on any atom is 0.267 e. The first kappa shape index (κ1) is 14.1. The molecule has 1 aliphatic rings. The number of H-pyrrole nitrogens is 1. The van der Waals surface area contributed by atoms with E-state index in [2.05, 4.69) is 31.7 Å². The third kappa shape index (κ3) is 3.08. The Morgan fingerprint density at radius 1 is 1.62 bits per heavy atom. The summed E-state index contributed by atoms with van der Waals surface area (Å²) >= 11 is 1.10. The van der Waals surface area contributed by atoms with Gasteiger partial charge in [0.05, 0.1) is 19.3 Å². The van der Waals surface area contributed by atoms with Gasteiger partial charge in [-0.1, -0.05) is 11.4 Å². The van der Waals surface area contributed by atoms with Crippen molar-refractivity contribution in [2.75, 3.05) is 19.7 Å². The average Bonchev–Trinajstić information content (AvgIpc) is 3.18. The van der Waals surface area contributed by atoms with Crippen LogP contribution in [0.15, 0.2) is 6.20 Å². The topological polar surface area (TPSA) is 96.9 Å². The number of ether oxygens (including phenoxy) is 1. The molecule has 0 aromatic carbocycles. The van der Waals surface area contributed by atoms with Crippen molar-refractivity contribution in [3.05, 3.63) is 22.7 Å². The number of aromatic amines is 1. The SMILES string of the molecule is CCCc1nc([C@@H]2CN(C(=O)c3cnns3)CCO2)n[nH]1. The van der Waals surface area contributed by atoms with Crippen LogP contribution in [0, 0.1) is 0 Å². The van der Waals surface area contributed by atoms with E-state index in [1.807, 2.05) is 0 Å². The number of aryl methyl sites for hydroxylation is 1. The van der Waals surface area contributed by atoms with Crippen LogP contribution in [0.1, 0.15) is 40.8 Å². The summed E-state index contributed by atoms with van der Waals surface area (Å²) in [4.78, 5) is 19.0. The first-order chi connectivity index (χ1) is 10.3. The fourth-order valence-corrected chi connectivity index (χ4v) is 2.69. The highest BCUT2D eigenvalue weighted by Crippen LogP contribution is 2.21. The number of aromatic nitrogens is 5. The molecule has 3 rings (SSSR count). The third-order valence-corrected chi connectivity index (χ3v) is 3.90. The molecule has 1 aliphatic heterocycles. The van der Waals surface area contributed by atoms with Gasteiger partial charge in [-0.15, -0.1) is 5.10 Å². The van der Waals surface area contributed by atoms with Crippen LogP contribution in [0.2, 0.25) is 0 Å². The van der Waals surface area contributed by atoms with Crippen LogP contribution in [0.5, 0.6) is 0 Å². The third-order valence-electron chi connectivity index (χ3n) is 3.25. The van der Waals surface area contributed by atoms with E-state index in [1.165, 1.54) is 6.20 Å². The number of hydrogen-bond donors (Lipinski definition) is 1. The van der Waals surface area contributed by atoms with Gasteiger partial charge in [-0.25, -0.2) is 4.98 Å². The molecule has 2 aromatic heterocycles. The van der Waals surface area contributed by atoms with Crippen LogP contribution >= 0.6 is 11.5 Å². The van der Waals surface area contributed by atoms with Crippen molar-refractivity contribution in [1.29, 1.82) is 0 Å². The molecule has 1 amide bonds. The number of nitrogens with one attached hydrogen (secondary N) is 1. The van der Waals surface area contributed by atoms with Crippen LogP contribution in [-0.2, 0) is 11.2 Å². The Labute approximate surface area is 125 Å². The van der Waals surface area contributed by atoms with Crippen LogP contribution in [0.3, 0.4) is 0 Å². The Bertz CT molecular complexity index is 599. The molecule has 21 heavy (non-hydrogen) atoms. The number of amides is 1. The summed E-state index contributed by atoms with van der Waals surface area (Å²) < 4.78 is 9.41. The van der Waals surface area contributed by atoms with Gasteiger partial charge in [-0.2, -0.15) is 5.10 Å². The highest BCUT2D eigenvalue weighted by molar-refractivity contribution is 7.07. The zero-order chi connectivity index (χ0) is 14.7. The van der Waals surface area contributed by atoms with Crippen LogP contribution in [-0.4, -0.2) is 55.3 Å². The van der Waals surface area contributed by atoms with Crippen molar-refractivity contribution in [2.45, 2.75) is 25.9 Å². The first-order valence-electron chi connectivity index (χ1n) is 6.87.